The molecule has 0 aliphatic heterocycles. The molecule has 0 bridgehead atoms. The fourth-order valence-electron chi connectivity index (χ4n) is 1.70. The second kappa shape index (κ2) is 3.62. The molecule has 1 atom stereocenters. The summed E-state index contributed by atoms with van der Waals surface area (Å²) < 4.78 is 0. The van der Waals surface area contributed by atoms with Crippen LogP contribution in [0.3, 0.4) is 0 Å². The molecule has 74 valence electrons. The predicted molar refractivity (Wildman–Crippen MR) is 52.4 cm³/mol. The van der Waals surface area contributed by atoms with Gasteiger partial charge in [-0.1, -0.05) is 11.6 Å². The summed E-state index contributed by atoms with van der Waals surface area (Å²) in [6, 6.07) is 0. The zero-order valence-electron chi connectivity index (χ0n) is 8.63. The molecule has 0 aromatic rings. The lowest BCUT2D eigenvalue weighted by Crippen LogP contribution is -2.37. The first kappa shape index (κ1) is 10.5. The second-order valence-corrected chi connectivity index (χ2v) is 4.45. The van der Waals surface area contributed by atoms with Gasteiger partial charge in [-0.05, 0) is 40.0 Å². The van der Waals surface area contributed by atoms with E-state index < -0.39 is 5.60 Å². The van der Waals surface area contributed by atoms with Crippen molar-refractivity contribution in [1.82, 2.24) is 0 Å². The van der Waals surface area contributed by atoms with Gasteiger partial charge < -0.3 is 5.11 Å². The van der Waals surface area contributed by atoms with Crippen molar-refractivity contribution in [1.29, 1.82) is 0 Å². The van der Waals surface area contributed by atoms with Crippen LogP contribution >= 0.6 is 0 Å². The largest absolute Gasteiger partial charge is 0.383 e. The van der Waals surface area contributed by atoms with E-state index in [1.807, 2.05) is 0 Å². The highest BCUT2D eigenvalue weighted by Crippen LogP contribution is 2.27. The van der Waals surface area contributed by atoms with Crippen LogP contribution in [0, 0.1) is 5.92 Å². The maximum atomic E-state index is 11.6. The van der Waals surface area contributed by atoms with Crippen LogP contribution in [0.25, 0.3) is 0 Å². The molecule has 0 aromatic heterocycles. The predicted octanol–water partition coefficient (Wildman–Crippen LogP) is 2.07. The number of hydrogen-bond acceptors (Lipinski definition) is 2. The molecule has 13 heavy (non-hydrogen) atoms. The van der Waals surface area contributed by atoms with Crippen molar-refractivity contribution >= 4 is 5.78 Å². The first-order chi connectivity index (χ1) is 5.91. The van der Waals surface area contributed by atoms with Crippen LogP contribution < -0.4 is 0 Å². The Kier molecular flexibility index (Phi) is 2.91. The molecule has 0 unspecified atom stereocenters. The third kappa shape index (κ3) is 2.66. The summed E-state index contributed by atoms with van der Waals surface area (Å²) in [4.78, 5) is 11.6. The average Bonchev–Trinajstić information content (AvgIpc) is 2.03. The van der Waals surface area contributed by atoms with Gasteiger partial charge in [-0.3, -0.25) is 4.79 Å². The number of carbonyl (C=O) groups excluding carboxylic acids is 1. The van der Waals surface area contributed by atoms with E-state index in [0.717, 1.165) is 19.3 Å². The molecule has 0 aromatic carbocycles. The van der Waals surface area contributed by atoms with Gasteiger partial charge in [0.1, 0.15) is 5.60 Å². The minimum atomic E-state index is -1.16. The van der Waals surface area contributed by atoms with Crippen LogP contribution in [0.1, 0.15) is 40.0 Å². The highest BCUT2D eigenvalue weighted by Gasteiger charge is 2.31. The van der Waals surface area contributed by atoms with Crippen LogP contribution in [-0.2, 0) is 4.79 Å². The molecule has 0 saturated heterocycles. The molecule has 1 aliphatic rings. The molecular weight excluding hydrogens is 164 g/mol. The van der Waals surface area contributed by atoms with E-state index in [1.54, 1.807) is 13.8 Å². The summed E-state index contributed by atoms with van der Waals surface area (Å²) in [6.07, 6.45) is 4.80. The molecular formula is C11H18O2. The topological polar surface area (TPSA) is 37.3 Å². The number of Topliss-reactive ketones (excluding diaryl/α,β-unsaturated/α-hetero) is 1. The number of ketones is 1. The Hall–Kier alpha value is -0.630. The van der Waals surface area contributed by atoms with Crippen molar-refractivity contribution in [3.8, 4) is 0 Å². The number of aliphatic hydroxyl groups is 1. The zero-order valence-corrected chi connectivity index (χ0v) is 8.63. The quantitative estimate of drug-likeness (QED) is 0.664. The summed E-state index contributed by atoms with van der Waals surface area (Å²) in [7, 11) is 0. The molecule has 0 spiro atoms. The number of carbonyl (C=O) groups is 1. The summed E-state index contributed by atoms with van der Waals surface area (Å²) in [5.74, 6) is 0.0138. The molecule has 0 fully saturated rings. The van der Waals surface area contributed by atoms with Crippen molar-refractivity contribution in [3.05, 3.63) is 11.6 Å². The Morgan fingerprint density at radius 3 is 2.62 bits per heavy atom. The molecule has 2 nitrogen and oxygen atoms in total. The minimum Gasteiger partial charge on any atom is -0.383 e. The SMILES string of the molecule is CC1=CC[C@@H](C(=O)C(C)(C)O)CC1. The van der Waals surface area contributed by atoms with Gasteiger partial charge in [-0.2, -0.15) is 0 Å². The second-order valence-electron chi connectivity index (χ2n) is 4.45. The highest BCUT2D eigenvalue weighted by atomic mass is 16.3. The third-order valence-electron chi connectivity index (χ3n) is 2.61. The molecule has 0 saturated carbocycles. The average molecular weight is 182 g/mol. The third-order valence-corrected chi connectivity index (χ3v) is 2.61. The Morgan fingerprint density at radius 1 is 1.62 bits per heavy atom. The van der Waals surface area contributed by atoms with E-state index in [1.165, 1.54) is 5.57 Å². The van der Waals surface area contributed by atoms with Gasteiger partial charge in [0, 0.05) is 5.92 Å². The van der Waals surface area contributed by atoms with E-state index in [2.05, 4.69) is 13.0 Å². The lowest BCUT2D eigenvalue weighted by atomic mass is 9.82. The molecule has 0 amide bonds. The molecule has 0 radical (unpaired) electrons. The summed E-state index contributed by atoms with van der Waals surface area (Å²) in [5.41, 5.74) is 0.198. The van der Waals surface area contributed by atoms with Gasteiger partial charge in [-0.25, -0.2) is 0 Å². The first-order valence-electron chi connectivity index (χ1n) is 4.83. The fraction of sp³-hybridized carbons (Fsp3) is 0.727. The number of allylic oxidation sites excluding steroid dienone is 2. The van der Waals surface area contributed by atoms with Crippen molar-refractivity contribution < 1.29 is 9.90 Å². The van der Waals surface area contributed by atoms with E-state index in [4.69, 9.17) is 0 Å². The lowest BCUT2D eigenvalue weighted by molar-refractivity contribution is -0.138. The Labute approximate surface area is 79.6 Å². The number of hydrogen-bond donors (Lipinski definition) is 1. The lowest BCUT2D eigenvalue weighted by Gasteiger charge is -2.25. The highest BCUT2D eigenvalue weighted by molar-refractivity contribution is 5.88. The smallest absolute Gasteiger partial charge is 0.167 e. The van der Waals surface area contributed by atoms with Gasteiger partial charge in [0.2, 0.25) is 0 Å². The van der Waals surface area contributed by atoms with Crippen molar-refractivity contribution in [2.24, 2.45) is 5.92 Å². The van der Waals surface area contributed by atoms with E-state index in [0.29, 0.717) is 0 Å². The minimum absolute atomic E-state index is 0.0174. The van der Waals surface area contributed by atoms with Gasteiger partial charge in [-0.15, -0.1) is 0 Å². The van der Waals surface area contributed by atoms with E-state index >= 15 is 0 Å². The van der Waals surface area contributed by atoms with Crippen LogP contribution in [0.15, 0.2) is 11.6 Å². The van der Waals surface area contributed by atoms with E-state index in [-0.39, 0.29) is 11.7 Å². The maximum Gasteiger partial charge on any atom is 0.167 e. The standard InChI is InChI=1S/C11H18O2/c1-8-4-6-9(7-5-8)10(12)11(2,3)13/h4,9,13H,5-7H2,1-3H3/t9-/m1/s1. The Bertz CT molecular complexity index is 233. The normalized spacial score (nSPS) is 24.0. The van der Waals surface area contributed by atoms with Gasteiger partial charge in [0.05, 0.1) is 0 Å². The van der Waals surface area contributed by atoms with Crippen molar-refractivity contribution in [3.63, 3.8) is 0 Å². The molecule has 1 N–H and O–H groups in total. The zero-order chi connectivity index (χ0) is 10.1. The monoisotopic (exact) mass is 182 g/mol. The summed E-state index contributed by atoms with van der Waals surface area (Å²) >= 11 is 0. The number of rotatable bonds is 2. The van der Waals surface area contributed by atoms with Crippen LogP contribution in [-0.4, -0.2) is 16.5 Å². The van der Waals surface area contributed by atoms with Gasteiger partial charge >= 0.3 is 0 Å². The summed E-state index contributed by atoms with van der Waals surface area (Å²) in [6.45, 7) is 5.23. The Morgan fingerprint density at radius 2 is 2.23 bits per heavy atom. The molecule has 1 aliphatic carbocycles. The molecule has 2 heteroatoms. The maximum absolute atomic E-state index is 11.6. The Balaban J connectivity index is 2.61. The van der Waals surface area contributed by atoms with Crippen molar-refractivity contribution in [2.75, 3.05) is 0 Å². The van der Waals surface area contributed by atoms with Gasteiger partial charge in [0.25, 0.3) is 0 Å². The summed E-state index contributed by atoms with van der Waals surface area (Å²) in [5, 5.41) is 9.53. The van der Waals surface area contributed by atoms with Crippen LogP contribution in [0.4, 0.5) is 0 Å². The van der Waals surface area contributed by atoms with Crippen LogP contribution in [0.5, 0.6) is 0 Å². The molecule has 0 heterocycles. The van der Waals surface area contributed by atoms with Crippen LogP contribution in [0.2, 0.25) is 0 Å². The van der Waals surface area contributed by atoms with Crippen molar-refractivity contribution in [2.45, 2.75) is 45.6 Å². The van der Waals surface area contributed by atoms with E-state index in [9.17, 15) is 9.90 Å². The van der Waals surface area contributed by atoms with Gasteiger partial charge in [0.15, 0.2) is 5.78 Å². The first-order valence-corrected chi connectivity index (χ1v) is 4.83. The molecule has 1 rings (SSSR count). The fourth-order valence-corrected chi connectivity index (χ4v) is 1.70.